The number of anilines is 1. The standard InChI is InChI=1S/C29H35N3O5/c1-17-9-8-10-18(2)23(17)31-26(35)24-29-14-13-28(3,37-29)21(25(34)30-4)22(29)27(36)32(24)20(16-33)15-19-11-6-5-7-12-19/h5-12,20-22,24,33H,13-16H2,1-4H3,(H,30,34)(H,31,35)/t20-,21+,22+,24?,28-,29?/m1/s1. The summed E-state index contributed by atoms with van der Waals surface area (Å²) < 4.78 is 6.62. The summed E-state index contributed by atoms with van der Waals surface area (Å²) in [7, 11) is 1.55. The van der Waals surface area contributed by atoms with Gasteiger partial charge in [0.15, 0.2) is 0 Å². The van der Waals surface area contributed by atoms with Gasteiger partial charge in [-0.3, -0.25) is 14.4 Å². The number of benzene rings is 2. The fraction of sp³-hybridized carbons (Fsp3) is 0.483. The third kappa shape index (κ3) is 3.85. The van der Waals surface area contributed by atoms with Crippen LogP contribution in [-0.4, -0.2) is 64.7 Å². The Morgan fingerprint density at radius 2 is 1.76 bits per heavy atom. The van der Waals surface area contributed by atoms with E-state index in [-0.39, 0.29) is 24.3 Å². The van der Waals surface area contributed by atoms with E-state index in [4.69, 9.17) is 4.74 Å². The van der Waals surface area contributed by atoms with Crippen molar-refractivity contribution in [3.63, 3.8) is 0 Å². The zero-order valence-electron chi connectivity index (χ0n) is 21.8. The van der Waals surface area contributed by atoms with Gasteiger partial charge in [-0.1, -0.05) is 48.5 Å². The van der Waals surface area contributed by atoms with Gasteiger partial charge in [0.2, 0.25) is 17.7 Å². The fourth-order valence-corrected chi connectivity index (χ4v) is 6.95. The number of amides is 3. The molecule has 3 heterocycles. The minimum absolute atomic E-state index is 0.262. The first kappa shape index (κ1) is 25.4. The molecule has 3 amide bonds. The van der Waals surface area contributed by atoms with Crippen LogP contribution in [0.1, 0.15) is 36.5 Å². The van der Waals surface area contributed by atoms with Gasteiger partial charge in [-0.2, -0.15) is 0 Å². The number of fused-ring (bicyclic) bond motifs is 1. The average Bonchev–Trinajstić information content (AvgIpc) is 3.45. The second kappa shape index (κ2) is 9.26. The van der Waals surface area contributed by atoms with E-state index in [0.717, 1.165) is 16.7 Å². The first-order valence-corrected chi connectivity index (χ1v) is 12.9. The van der Waals surface area contributed by atoms with Crippen LogP contribution in [0.4, 0.5) is 5.69 Å². The van der Waals surface area contributed by atoms with Crippen LogP contribution in [0.5, 0.6) is 0 Å². The monoisotopic (exact) mass is 505 g/mol. The Hall–Kier alpha value is -3.23. The molecule has 0 radical (unpaired) electrons. The Labute approximate surface area is 217 Å². The second-order valence-electron chi connectivity index (χ2n) is 10.9. The van der Waals surface area contributed by atoms with Crippen LogP contribution in [0, 0.1) is 25.7 Å². The summed E-state index contributed by atoms with van der Waals surface area (Å²) >= 11 is 0. The molecule has 0 aliphatic carbocycles. The van der Waals surface area contributed by atoms with Crippen molar-refractivity contribution in [2.75, 3.05) is 19.0 Å². The molecule has 37 heavy (non-hydrogen) atoms. The lowest BCUT2D eigenvalue weighted by atomic mass is 9.66. The quantitative estimate of drug-likeness (QED) is 0.536. The van der Waals surface area contributed by atoms with Crippen LogP contribution in [0.3, 0.4) is 0 Å². The molecule has 3 saturated heterocycles. The maximum absolute atomic E-state index is 14.2. The van der Waals surface area contributed by atoms with Gasteiger partial charge in [0.1, 0.15) is 11.6 Å². The lowest BCUT2D eigenvalue weighted by molar-refractivity contribution is -0.147. The van der Waals surface area contributed by atoms with Crippen LogP contribution >= 0.6 is 0 Å². The number of nitrogens with zero attached hydrogens (tertiary/aromatic N) is 1. The van der Waals surface area contributed by atoms with Crippen molar-refractivity contribution < 1.29 is 24.2 Å². The van der Waals surface area contributed by atoms with Gasteiger partial charge in [0.05, 0.1) is 30.1 Å². The summed E-state index contributed by atoms with van der Waals surface area (Å²) in [5.41, 5.74) is 1.48. The van der Waals surface area contributed by atoms with E-state index in [0.29, 0.717) is 24.9 Å². The molecule has 2 unspecified atom stereocenters. The molecule has 0 saturated carbocycles. The smallest absolute Gasteiger partial charge is 0.250 e. The fourth-order valence-electron chi connectivity index (χ4n) is 6.95. The van der Waals surface area contributed by atoms with Crippen molar-refractivity contribution in [3.05, 3.63) is 65.2 Å². The Balaban J connectivity index is 1.59. The number of hydrogen-bond donors (Lipinski definition) is 3. The number of carbonyl (C=O) groups is 3. The van der Waals surface area contributed by atoms with Gasteiger partial charge >= 0.3 is 0 Å². The van der Waals surface area contributed by atoms with E-state index < -0.39 is 35.1 Å². The van der Waals surface area contributed by atoms with Crippen molar-refractivity contribution >= 4 is 23.4 Å². The normalized spacial score (nSPS) is 30.8. The van der Waals surface area contributed by atoms with E-state index in [2.05, 4.69) is 10.6 Å². The highest BCUT2D eigenvalue weighted by molar-refractivity contribution is 6.04. The minimum Gasteiger partial charge on any atom is -0.394 e. The number of rotatable bonds is 7. The molecule has 5 rings (SSSR count). The summed E-state index contributed by atoms with van der Waals surface area (Å²) in [6.07, 6.45) is 1.43. The number of nitrogens with one attached hydrogen (secondary N) is 2. The van der Waals surface area contributed by atoms with Gasteiger partial charge in [-0.15, -0.1) is 0 Å². The van der Waals surface area contributed by atoms with Crippen LogP contribution in [0.25, 0.3) is 0 Å². The van der Waals surface area contributed by atoms with Crippen LogP contribution in [0.15, 0.2) is 48.5 Å². The van der Waals surface area contributed by atoms with E-state index in [1.807, 2.05) is 69.3 Å². The van der Waals surface area contributed by atoms with Gasteiger partial charge < -0.3 is 25.4 Å². The van der Waals surface area contributed by atoms with Crippen LogP contribution in [0.2, 0.25) is 0 Å². The summed E-state index contributed by atoms with van der Waals surface area (Å²) in [6.45, 7) is 5.39. The molecule has 0 aromatic heterocycles. The van der Waals surface area contributed by atoms with Crippen LogP contribution in [-0.2, 0) is 25.5 Å². The molecule has 8 nitrogen and oxygen atoms in total. The molecule has 3 fully saturated rings. The van der Waals surface area contributed by atoms with Gasteiger partial charge in [-0.05, 0) is 56.7 Å². The summed E-state index contributed by atoms with van der Waals surface area (Å²) in [6, 6.07) is 13.7. The first-order chi connectivity index (χ1) is 17.7. The molecule has 3 aliphatic heterocycles. The second-order valence-corrected chi connectivity index (χ2v) is 10.9. The number of aliphatic hydroxyl groups excluding tert-OH is 1. The maximum atomic E-state index is 14.2. The zero-order valence-corrected chi connectivity index (χ0v) is 21.8. The third-order valence-electron chi connectivity index (χ3n) is 8.64. The molecule has 2 aromatic carbocycles. The summed E-state index contributed by atoms with van der Waals surface area (Å²) in [5, 5.41) is 16.3. The number of carbonyl (C=O) groups excluding carboxylic acids is 3. The molecule has 2 aromatic rings. The molecule has 2 bridgehead atoms. The van der Waals surface area contributed by atoms with Crippen molar-refractivity contribution in [1.82, 2.24) is 10.2 Å². The predicted molar refractivity (Wildman–Crippen MR) is 139 cm³/mol. The number of ether oxygens (including phenoxy) is 1. The largest absolute Gasteiger partial charge is 0.394 e. The molecule has 3 aliphatic rings. The average molecular weight is 506 g/mol. The lowest BCUT2D eigenvalue weighted by Gasteiger charge is -2.37. The highest BCUT2D eigenvalue weighted by atomic mass is 16.5. The Kier molecular flexibility index (Phi) is 6.36. The van der Waals surface area contributed by atoms with E-state index >= 15 is 0 Å². The number of hydrogen-bond acceptors (Lipinski definition) is 5. The molecule has 8 heteroatoms. The zero-order chi connectivity index (χ0) is 26.5. The third-order valence-corrected chi connectivity index (χ3v) is 8.64. The molecule has 1 spiro atoms. The molecular weight excluding hydrogens is 470 g/mol. The number of likely N-dealkylation sites (tertiary alicyclic amines) is 1. The molecular formula is C29H35N3O5. The van der Waals surface area contributed by atoms with Gasteiger partial charge in [-0.25, -0.2) is 0 Å². The number of para-hydroxylation sites is 1. The number of aliphatic hydroxyl groups is 1. The van der Waals surface area contributed by atoms with Crippen molar-refractivity contribution in [1.29, 1.82) is 0 Å². The number of aryl methyl sites for hydroxylation is 2. The Morgan fingerprint density at radius 1 is 1.08 bits per heavy atom. The topological polar surface area (TPSA) is 108 Å². The van der Waals surface area contributed by atoms with Crippen molar-refractivity contribution in [2.24, 2.45) is 11.8 Å². The Bertz CT molecular complexity index is 1210. The van der Waals surface area contributed by atoms with E-state index in [9.17, 15) is 19.5 Å². The minimum atomic E-state index is -1.15. The summed E-state index contributed by atoms with van der Waals surface area (Å²) in [4.78, 5) is 43.0. The molecule has 6 atom stereocenters. The van der Waals surface area contributed by atoms with Gasteiger partial charge in [0.25, 0.3) is 0 Å². The SMILES string of the molecule is CNC(=O)[C@@H]1[C@H]2C(=O)N([C@@H](CO)Cc3ccccc3)C(C(=O)Nc3c(C)cccc3C)C23CC[C@@]1(C)O3. The van der Waals surface area contributed by atoms with E-state index in [1.54, 1.807) is 7.05 Å². The van der Waals surface area contributed by atoms with Crippen molar-refractivity contribution in [3.8, 4) is 0 Å². The van der Waals surface area contributed by atoms with Crippen molar-refractivity contribution in [2.45, 2.75) is 63.3 Å². The predicted octanol–water partition coefficient (Wildman–Crippen LogP) is 2.36. The first-order valence-electron chi connectivity index (χ1n) is 12.9. The Morgan fingerprint density at radius 3 is 2.38 bits per heavy atom. The van der Waals surface area contributed by atoms with E-state index in [1.165, 1.54) is 4.90 Å². The molecule has 3 N–H and O–H groups in total. The lowest BCUT2D eigenvalue weighted by Crippen LogP contribution is -2.57. The van der Waals surface area contributed by atoms with Crippen LogP contribution < -0.4 is 10.6 Å². The highest BCUT2D eigenvalue weighted by Gasteiger charge is 2.78. The maximum Gasteiger partial charge on any atom is 0.250 e. The molecule has 196 valence electrons. The van der Waals surface area contributed by atoms with Gasteiger partial charge in [0, 0.05) is 12.7 Å². The highest BCUT2D eigenvalue weighted by Crippen LogP contribution is 2.63. The summed E-state index contributed by atoms with van der Waals surface area (Å²) in [5.74, 6) is -2.45.